The molecule has 0 amide bonds. The van der Waals surface area contributed by atoms with Gasteiger partial charge in [0.05, 0.1) is 33.3 Å². The van der Waals surface area contributed by atoms with E-state index >= 15 is 0 Å². The van der Waals surface area contributed by atoms with Crippen molar-refractivity contribution in [1.29, 1.82) is 0 Å². The normalized spacial score (nSPS) is 18.1. The van der Waals surface area contributed by atoms with Gasteiger partial charge in [0.15, 0.2) is 11.5 Å². The van der Waals surface area contributed by atoms with Crippen LogP contribution in [0.15, 0.2) is 18.2 Å². The molecule has 2 rings (SSSR count). The molecule has 1 aromatic carbocycles. The molecule has 0 N–H and O–H groups in total. The predicted molar refractivity (Wildman–Crippen MR) is 63.8 cm³/mol. The highest BCUT2D eigenvalue weighted by Crippen LogP contribution is 2.37. The zero-order valence-electron chi connectivity index (χ0n) is 9.86. The van der Waals surface area contributed by atoms with E-state index < -0.39 is 5.79 Å². The van der Waals surface area contributed by atoms with Crippen molar-refractivity contribution in [2.24, 2.45) is 0 Å². The summed E-state index contributed by atoms with van der Waals surface area (Å²) in [7, 11) is 3.18. The predicted octanol–water partition coefficient (Wildman–Crippen LogP) is 2.14. The van der Waals surface area contributed by atoms with Crippen LogP contribution in [0.2, 0.25) is 0 Å². The first-order chi connectivity index (χ1) is 8.25. The van der Waals surface area contributed by atoms with Gasteiger partial charge in [-0.25, -0.2) is 0 Å². The number of alkyl halides is 1. The number of halogens is 1. The highest BCUT2D eigenvalue weighted by atomic mass is 35.5. The van der Waals surface area contributed by atoms with Crippen molar-refractivity contribution in [2.45, 2.75) is 5.79 Å². The maximum absolute atomic E-state index is 5.95. The lowest BCUT2D eigenvalue weighted by Gasteiger charge is -2.25. The number of hydrogen-bond acceptors (Lipinski definition) is 4. The van der Waals surface area contributed by atoms with Crippen molar-refractivity contribution in [3.05, 3.63) is 23.8 Å². The van der Waals surface area contributed by atoms with Crippen molar-refractivity contribution < 1.29 is 18.9 Å². The molecule has 1 aromatic rings. The van der Waals surface area contributed by atoms with E-state index in [0.29, 0.717) is 24.7 Å². The van der Waals surface area contributed by atoms with Gasteiger partial charge in [-0.2, -0.15) is 0 Å². The van der Waals surface area contributed by atoms with E-state index in [4.69, 9.17) is 30.5 Å². The number of hydrogen-bond donors (Lipinski definition) is 0. The third kappa shape index (κ3) is 2.20. The molecule has 1 fully saturated rings. The Morgan fingerprint density at radius 2 is 1.82 bits per heavy atom. The van der Waals surface area contributed by atoms with Crippen LogP contribution in [-0.4, -0.2) is 33.3 Å². The van der Waals surface area contributed by atoms with Crippen LogP contribution in [0.25, 0.3) is 0 Å². The van der Waals surface area contributed by atoms with Gasteiger partial charge in [0, 0.05) is 5.56 Å². The molecule has 94 valence electrons. The summed E-state index contributed by atoms with van der Waals surface area (Å²) in [6.45, 7) is 1.09. The van der Waals surface area contributed by atoms with Gasteiger partial charge >= 0.3 is 0 Å². The van der Waals surface area contributed by atoms with Crippen molar-refractivity contribution in [3.8, 4) is 11.5 Å². The molecule has 5 heteroatoms. The van der Waals surface area contributed by atoms with Gasteiger partial charge in [-0.15, -0.1) is 11.6 Å². The average molecular weight is 259 g/mol. The Morgan fingerprint density at radius 3 is 2.35 bits per heavy atom. The summed E-state index contributed by atoms with van der Waals surface area (Å²) >= 11 is 5.95. The first-order valence-corrected chi connectivity index (χ1v) is 5.85. The molecule has 0 aliphatic carbocycles. The molecule has 17 heavy (non-hydrogen) atoms. The summed E-state index contributed by atoms with van der Waals surface area (Å²) in [6.07, 6.45) is 0. The molecule has 4 nitrogen and oxygen atoms in total. The van der Waals surface area contributed by atoms with Crippen LogP contribution in [0.4, 0.5) is 0 Å². The number of ether oxygens (including phenoxy) is 4. The molecule has 0 unspecified atom stereocenters. The molecular formula is C12H15ClO4. The van der Waals surface area contributed by atoms with Gasteiger partial charge in [-0.05, 0) is 18.2 Å². The standard InChI is InChI=1S/C12H15ClO4/c1-14-10-4-3-9(7-11(10)15-2)12(8-13)16-5-6-17-12/h3-4,7H,5-6,8H2,1-2H3. The molecule has 1 saturated heterocycles. The Balaban J connectivity index is 2.38. The number of benzene rings is 1. The lowest BCUT2D eigenvalue weighted by Crippen LogP contribution is -2.29. The Labute approximate surface area is 105 Å². The van der Waals surface area contributed by atoms with Crippen molar-refractivity contribution in [1.82, 2.24) is 0 Å². The highest BCUT2D eigenvalue weighted by molar-refractivity contribution is 6.18. The second kappa shape index (κ2) is 5.12. The summed E-state index contributed by atoms with van der Waals surface area (Å²) in [5.74, 6) is 0.677. The van der Waals surface area contributed by atoms with E-state index in [1.54, 1.807) is 14.2 Å². The highest BCUT2D eigenvalue weighted by Gasteiger charge is 2.38. The average Bonchev–Trinajstić information content (AvgIpc) is 2.88. The van der Waals surface area contributed by atoms with Gasteiger partial charge in [0.2, 0.25) is 5.79 Å². The minimum Gasteiger partial charge on any atom is -0.493 e. The van der Waals surface area contributed by atoms with Crippen LogP contribution in [0, 0.1) is 0 Å². The molecule has 0 atom stereocenters. The Kier molecular flexibility index (Phi) is 3.76. The quantitative estimate of drug-likeness (QED) is 0.776. The first kappa shape index (κ1) is 12.5. The van der Waals surface area contributed by atoms with Crippen LogP contribution >= 0.6 is 11.6 Å². The third-order valence-electron chi connectivity index (χ3n) is 2.75. The second-order valence-electron chi connectivity index (χ2n) is 3.65. The fourth-order valence-corrected chi connectivity index (χ4v) is 2.16. The molecule has 0 radical (unpaired) electrons. The maximum atomic E-state index is 5.95. The van der Waals surface area contributed by atoms with Crippen LogP contribution in [0.1, 0.15) is 5.56 Å². The molecule has 0 spiro atoms. The van der Waals surface area contributed by atoms with E-state index in [1.165, 1.54) is 0 Å². The smallest absolute Gasteiger partial charge is 0.209 e. The first-order valence-electron chi connectivity index (χ1n) is 5.32. The van der Waals surface area contributed by atoms with Crippen LogP contribution in [-0.2, 0) is 15.3 Å². The maximum Gasteiger partial charge on any atom is 0.209 e. The second-order valence-corrected chi connectivity index (χ2v) is 3.92. The van der Waals surface area contributed by atoms with Gasteiger partial charge in [-0.3, -0.25) is 0 Å². The fourth-order valence-electron chi connectivity index (χ4n) is 1.85. The van der Waals surface area contributed by atoms with Crippen LogP contribution < -0.4 is 9.47 Å². The molecule has 0 bridgehead atoms. The Hall–Kier alpha value is -0.970. The summed E-state index contributed by atoms with van der Waals surface area (Å²) in [5, 5.41) is 0. The minimum absolute atomic E-state index is 0.239. The van der Waals surface area contributed by atoms with Crippen LogP contribution in [0.3, 0.4) is 0 Å². The van der Waals surface area contributed by atoms with E-state index in [1.807, 2.05) is 18.2 Å². The summed E-state index contributed by atoms with van der Waals surface area (Å²) < 4.78 is 21.6. The van der Waals surface area contributed by atoms with Gasteiger partial charge in [0.25, 0.3) is 0 Å². The molecule has 1 aliphatic heterocycles. The summed E-state index contributed by atoms with van der Waals surface area (Å²) in [5.41, 5.74) is 0.836. The summed E-state index contributed by atoms with van der Waals surface area (Å²) in [6, 6.07) is 5.51. The largest absolute Gasteiger partial charge is 0.493 e. The van der Waals surface area contributed by atoms with E-state index in [-0.39, 0.29) is 5.88 Å². The fraction of sp³-hybridized carbons (Fsp3) is 0.500. The van der Waals surface area contributed by atoms with E-state index in [9.17, 15) is 0 Å². The Bertz CT molecular complexity index is 388. The van der Waals surface area contributed by atoms with Gasteiger partial charge in [0.1, 0.15) is 0 Å². The monoisotopic (exact) mass is 258 g/mol. The molecular weight excluding hydrogens is 244 g/mol. The third-order valence-corrected chi connectivity index (χ3v) is 3.10. The van der Waals surface area contributed by atoms with Crippen molar-refractivity contribution in [2.75, 3.05) is 33.3 Å². The summed E-state index contributed by atoms with van der Waals surface area (Å²) in [4.78, 5) is 0. The zero-order valence-corrected chi connectivity index (χ0v) is 10.6. The van der Waals surface area contributed by atoms with Gasteiger partial charge < -0.3 is 18.9 Å². The van der Waals surface area contributed by atoms with Crippen molar-refractivity contribution in [3.63, 3.8) is 0 Å². The van der Waals surface area contributed by atoms with Crippen molar-refractivity contribution >= 4 is 11.6 Å². The van der Waals surface area contributed by atoms with E-state index in [0.717, 1.165) is 5.56 Å². The topological polar surface area (TPSA) is 36.9 Å². The minimum atomic E-state index is -0.860. The lowest BCUT2D eigenvalue weighted by molar-refractivity contribution is -0.146. The van der Waals surface area contributed by atoms with E-state index in [2.05, 4.69) is 0 Å². The number of methoxy groups -OCH3 is 2. The Morgan fingerprint density at radius 1 is 1.18 bits per heavy atom. The SMILES string of the molecule is COc1ccc(C2(CCl)OCCO2)cc1OC. The molecule has 1 aliphatic rings. The molecule has 0 aromatic heterocycles. The lowest BCUT2D eigenvalue weighted by atomic mass is 10.1. The van der Waals surface area contributed by atoms with Gasteiger partial charge in [-0.1, -0.05) is 0 Å². The zero-order chi connectivity index (χ0) is 12.3. The molecule has 0 saturated carbocycles. The van der Waals surface area contributed by atoms with Crippen LogP contribution in [0.5, 0.6) is 11.5 Å². The molecule has 1 heterocycles. The number of rotatable bonds is 4.